The average molecular weight is 373 g/mol. The predicted molar refractivity (Wildman–Crippen MR) is 106 cm³/mol. The van der Waals surface area contributed by atoms with Crippen LogP contribution in [0.1, 0.15) is 65.5 Å². The van der Waals surface area contributed by atoms with Gasteiger partial charge in [-0.25, -0.2) is 0 Å². The fraction of sp³-hybridized carbons (Fsp3) is 0.545. The SMILES string of the molecule is CCCCCN1C(=O)C(O)=C(C(=O)C(C)(C)C)C1c1cccc(OCC)c1. The number of rotatable bonds is 8. The fourth-order valence-electron chi connectivity index (χ4n) is 3.34. The number of hydrogen-bond acceptors (Lipinski definition) is 4. The number of benzene rings is 1. The van der Waals surface area contributed by atoms with Crippen molar-refractivity contribution in [3.05, 3.63) is 41.2 Å². The Balaban J connectivity index is 2.51. The minimum absolute atomic E-state index is 0.192. The van der Waals surface area contributed by atoms with Crippen LogP contribution in [0.15, 0.2) is 35.6 Å². The minimum atomic E-state index is -0.696. The van der Waals surface area contributed by atoms with E-state index in [2.05, 4.69) is 6.92 Å². The van der Waals surface area contributed by atoms with Gasteiger partial charge in [-0.3, -0.25) is 9.59 Å². The van der Waals surface area contributed by atoms with Crippen LogP contribution in [0.25, 0.3) is 0 Å². The summed E-state index contributed by atoms with van der Waals surface area (Å²) in [5.74, 6) is -0.410. The lowest BCUT2D eigenvalue weighted by molar-refractivity contribution is -0.129. The molecule has 1 unspecified atom stereocenters. The molecule has 2 rings (SSSR count). The normalized spacial score (nSPS) is 17.6. The van der Waals surface area contributed by atoms with Crippen LogP contribution < -0.4 is 4.74 Å². The van der Waals surface area contributed by atoms with Crippen LogP contribution in [0.2, 0.25) is 0 Å². The monoisotopic (exact) mass is 373 g/mol. The van der Waals surface area contributed by atoms with Crippen molar-refractivity contribution < 1.29 is 19.4 Å². The summed E-state index contributed by atoms with van der Waals surface area (Å²) in [5.41, 5.74) is 0.277. The number of carbonyl (C=O) groups is 2. The highest BCUT2D eigenvalue weighted by Crippen LogP contribution is 2.41. The largest absolute Gasteiger partial charge is 0.503 e. The molecule has 1 aliphatic heterocycles. The lowest BCUT2D eigenvalue weighted by Gasteiger charge is -2.29. The number of ether oxygens (including phenoxy) is 1. The van der Waals surface area contributed by atoms with Crippen LogP contribution in [-0.2, 0) is 9.59 Å². The van der Waals surface area contributed by atoms with E-state index >= 15 is 0 Å². The maximum atomic E-state index is 13.1. The molecule has 0 saturated carbocycles. The zero-order valence-corrected chi connectivity index (χ0v) is 17.0. The summed E-state index contributed by atoms with van der Waals surface area (Å²) < 4.78 is 5.59. The van der Waals surface area contributed by atoms with Crippen LogP contribution in [0, 0.1) is 5.41 Å². The molecule has 5 nitrogen and oxygen atoms in total. The van der Waals surface area contributed by atoms with E-state index in [9.17, 15) is 14.7 Å². The van der Waals surface area contributed by atoms with Crippen molar-refractivity contribution in [1.29, 1.82) is 0 Å². The molecule has 0 spiro atoms. The topological polar surface area (TPSA) is 66.8 Å². The van der Waals surface area contributed by atoms with Crippen molar-refractivity contribution in [2.75, 3.05) is 13.2 Å². The molecule has 1 heterocycles. The number of amides is 1. The van der Waals surface area contributed by atoms with Gasteiger partial charge in [-0.05, 0) is 31.0 Å². The number of unbranched alkanes of at least 4 members (excludes halogenated alkanes) is 2. The Morgan fingerprint density at radius 1 is 1.22 bits per heavy atom. The van der Waals surface area contributed by atoms with Crippen molar-refractivity contribution >= 4 is 11.7 Å². The van der Waals surface area contributed by atoms with Crippen molar-refractivity contribution in [2.45, 2.75) is 59.9 Å². The Hall–Kier alpha value is -2.30. The summed E-state index contributed by atoms with van der Waals surface area (Å²) in [6, 6.07) is 6.84. The van der Waals surface area contributed by atoms with Gasteiger partial charge in [0.05, 0.1) is 18.2 Å². The van der Waals surface area contributed by atoms with E-state index in [0.717, 1.165) is 24.8 Å². The molecule has 0 radical (unpaired) electrons. The first-order valence-corrected chi connectivity index (χ1v) is 9.74. The summed E-state index contributed by atoms with van der Waals surface area (Å²) in [4.78, 5) is 27.5. The number of hydrogen-bond donors (Lipinski definition) is 1. The summed E-state index contributed by atoms with van der Waals surface area (Å²) in [6.45, 7) is 10.4. The van der Waals surface area contributed by atoms with Gasteiger partial charge in [0, 0.05) is 12.0 Å². The van der Waals surface area contributed by atoms with E-state index in [-0.39, 0.29) is 11.4 Å². The van der Waals surface area contributed by atoms with Gasteiger partial charge in [-0.15, -0.1) is 0 Å². The molecule has 148 valence electrons. The second-order valence-corrected chi connectivity index (χ2v) is 7.96. The molecule has 1 aliphatic rings. The van der Waals surface area contributed by atoms with Crippen molar-refractivity contribution in [3.63, 3.8) is 0 Å². The zero-order valence-electron chi connectivity index (χ0n) is 17.0. The highest BCUT2D eigenvalue weighted by molar-refractivity contribution is 6.10. The van der Waals surface area contributed by atoms with E-state index in [0.29, 0.717) is 18.9 Å². The van der Waals surface area contributed by atoms with Crippen LogP contribution in [0.5, 0.6) is 5.75 Å². The van der Waals surface area contributed by atoms with Gasteiger partial charge in [0.1, 0.15) is 5.75 Å². The van der Waals surface area contributed by atoms with Gasteiger partial charge < -0.3 is 14.7 Å². The van der Waals surface area contributed by atoms with Gasteiger partial charge in [-0.2, -0.15) is 0 Å². The summed E-state index contributed by atoms with van der Waals surface area (Å²) >= 11 is 0. The maximum Gasteiger partial charge on any atom is 0.290 e. The minimum Gasteiger partial charge on any atom is -0.503 e. The third kappa shape index (κ3) is 4.52. The molecule has 0 bridgehead atoms. The number of aliphatic hydroxyl groups excluding tert-OH is 1. The van der Waals surface area contributed by atoms with Gasteiger partial charge >= 0.3 is 0 Å². The molecule has 1 atom stereocenters. The Bertz CT molecular complexity index is 730. The number of ketones is 1. The Kier molecular flexibility index (Phi) is 6.68. The molecule has 0 fully saturated rings. The fourth-order valence-corrected chi connectivity index (χ4v) is 3.34. The average Bonchev–Trinajstić information content (AvgIpc) is 2.86. The first kappa shape index (κ1) is 21.0. The molecule has 1 aromatic carbocycles. The van der Waals surface area contributed by atoms with Crippen molar-refractivity contribution in [3.8, 4) is 5.75 Å². The van der Waals surface area contributed by atoms with Crippen molar-refractivity contribution in [1.82, 2.24) is 4.90 Å². The zero-order chi connectivity index (χ0) is 20.2. The van der Waals surface area contributed by atoms with Crippen LogP contribution >= 0.6 is 0 Å². The third-order valence-electron chi connectivity index (χ3n) is 4.72. The van der Waals surface area contributed by atoms with Gasteiger partial charge in [0.15, 0.2) is 11.5 Å². The maximum absolute atomic E-state index is 13.1. The first-order chi connectivity index (χ1) is 12.7. The predicted octanol–water partition coefficient (Wildman–Crippen LogP) is 4.59. The van der Waals surface area contributed by atoms with Crippen LogP contribution in [-0.4, -0.2) is 34.8 Å². The quantitative estimate of drug-likeness (QED) is 0.677. The second-order valence-electron chi connectivity index (χ2n) is 7.96. The third-order valence-corrected chi connectivity index (χ3v) is 4.72. The Morgan fingerprint density at radius 2 is 1.93 bits per heavy atom. The van der Waals surface area contributed by atoms with Crippen LogP contribution in [0.3, 0.4) is 0 Å². The molecule has 1 aromatic rings. The van der Waals surface area contributed by atoms with E-state index in [1.165, 1.54) is 0 Å². The van der Waals surface area contributed by atoms with E-state index in [1.54, 1.807) is 25.7 Å². The van der Waals surface area contributed by atoms with E-state index < -0.39 is 23.1 Å². The number of carbonyl (C=O) groups excluding carboxylic acids is 2. The standard InChI is InChI=1S/C22H31NO4/c1-6-8-9-13-23-18(15-11-10-12-16(14-15)27-7-2)17(19(24)21(23)26)20(25)22(3,4)5/h10-12,14,18,24H,6-9,13H2,1-5H3. The second kappa shape index (κ2) is 8.59. The summed E-state index contributed by atoms with van der Waals surface area (Å²) in [7, 11) is 0. The molecule has 1 amide bonds. The lowest BCUT2D eigenvalue weighted by atomic mass is 9.82. The van der Waals surface area contributed by atoms with Gasteiger partial charge in [0.2, 0.25) is 0 Å². The highest BCUT2D eigenvalue weighted by atomic mass is 16.5. The summed E-state index contributed by atoms with van der Waals surface area (Å²) in [6.07, 6.45) is 2.84. The smallest absolute Gasteiger partial charge is 0.290 e. The van der Waals surface area contributed by atoms with Crippen LogP contribution in [0.4, 0.5) is 0 Å². The number of aliphatic hydroxyl groups is 1. The Morgan fingerprint density at radius 3 is 2.52 bits per heavy atom. The first-order valence-electron chi connectivity index (χ1n) is 9.74. The molecule has 27 heavy (non-hydrogen) atoms. The van der Waals surface area contributed by atoms with E-state index in [1.807, 2.05) is 31.2 Å². The molecule has 0 saturated heterocycles. The number of Topliss-reactive ketones (excluding diaryl/α,β-unsaturated/α-hetero) is 1. The van der Waals surface area contributed by atoms with Crippen molar-refractivity contribution in [2.24, 2.45) is 5.41 Å². The van der Waals surface area contributed by atoms with E-state index in [4.69, 9.17) is 4.74 Å². The Labute approximate surface area is 162 Å². The molecular formula is C22H31NO4. The number of nitrogens with zero attached hydrogens (tertiary/aromatic N) is 1. The van der Waals surface area contributed by atoms with Gasteiger partial charge in [0.25, 0.3) is 5.91 Å². The highest BCUT2D eigenvalue weighted by Gasteiger charge is 2.45. The lowest BCUT2D eigenvalue weighted by Crippen LogP contribution is -2.33. The molecule has 0 aromatic heterocycles. The molecule has 0 aliphatic carbocycles. The van der Waals surface area contributed by atoms with Gasteiger partial charge in [-0.1, -0.05) is 52.7 Å². The molecule has 1 N–H and O–H groups in total. The molecule has 5 heteroatoms. The summed E-state index contributed by atoms with van der Waals surface area (Å²) in [5, 5.41) is 10.6. The molecular weight excluding hydrogens is 342 g/mol.